The molecule has 1 heterocycles. The maximum absolute atomic E-state index is 12.4. The number of carbonyl (C=O) groups excluding carboxylic acids is 2. The molecule has 3 rings (SSSR count). The Balaban J connectivity index is 1.59. The first-order chi connectivity index (χ1) is 13.4. The van der Waals surface area contributed by atoms with Crippen molar-refractivity contribution in [2.45, 2.75) is 24.3 Å². The lowest BCUT2D eigenvalue weighted by Gasteiger charge is -2.10. The lowest BCUT2D eigenvalue weighted by Crippen LogP contribution is -2.22. The highest BCUT2D eigenvalue weighted by atomic mass is 35.5. The number of anilines is 2. The number of rotatable bonds is 6. The van der Waals surface area contributed by atoms with Gasteiger partial charge in [-0.3, -0.25) is 9.59 Å². The number of nitrogens with zero attached hydrogens (tertiary/aromatic N) is 2. The van der Waals surface area contributed by atoms with E-state index in [1.165, 1.54) is 6.92 Å². The van der Waals surface area contributed by atoms with Crippen molar-refractivity contribution < 1.29 is 14.0 Å². The molecule has 0 aliphatic rings. The van der Waals surface area contributed by atoms with Crippen LogP contribution in [0.4, 0.5) is 11.4 Å². The molecule has 1 aromatic heterocycles. The van der Waals surface area contributed by atoms with Crippen LogP contribution in [0.1, 0.15) is 13.8 Å². The van der Waals surface area contributed by atoms with Crippen molar-refractivity contribution in [2.75, 3.05) is 10.6 Å². The average Bonchev–Trinajstić information content (AvgIpc) is 3.11. The fourth-order valence-electron chi connectivity index (χ4n) is 2.28. The van der Waals surface area contributed by atoms with Crippen LogP contribution in [0.15, 0.2) is 58.2 Å². The summed E-state index contributed by atoms with van der Waals surface area (Å²) in [5, 5.41) is 13.9. The normalized spacial score (nSPS) is 11.7. The fraction of sp³-hybridized carbons (Fsp3) is 0.158. The van der Waals surface area contributed by atoms with E-state index in [-0.39, 0.29) is 11.8 Å². The molecule has 0 saturated heterocycles. The Labute approximate surface area is 170 Å². The van der Waals surface area contributed by atoms with Gasteiger partial charge in [-0.05, 0) is 49.4 Å². The van der Waals surface area contributed by atoms with Gasteiger partial charge in [0.1, 0.15) is 0 Å². The maximum atomic E-state index is 12.4. The van der Waals surface area contributed by atoms with Gasteiger partial charge in [0, 0.05) is 28.9 Å². The van der Waals surface area contributed by atoms with Gasteiger partial charge in [0.25, 0.3) is 5.22 Å². The van der Waals surface area contributed by atoms with E-state index >= 15 is 0 Å². The number of aromatic nitrogens is 2. The van der Waals surface area contributed by atoms with Crippen LogP contribution >= 0.6 is 23.4 Å². The van der Waals surface area contributed by atoms with E-state index in [0.29, 0.717) is 33.1 Å². The van der Waals surface area contributed by atoms with Crippen LogP contribution in [0.3, 0.4) is 0 Å². The molecule has 3 aromatic rings. The SMILES string of the molecule is CC(=O)Nc1ccc(NC(=O)[C@H](C)Sc2nnc(-c3cccc(Cl)c3)o2)cc1. The molecule has 0 fully saturated rings. The van der Waals surface area contributed by atoms with Crippen molar-refractivity contribution in [2.24, 2.45) is 0 Å². The summed E-state index contributed by atoms with van der Waals surface area (Å²) in [7, 11) is 0. The van der Waals surface area contributed by atoms with Gasteiger partial charge < -0.3 is 15.1 Å². The predicted molar refractivity (Wildman–Crippen MR) is 109 cm³/mol. The van der Waals surface area contributed by atoms with Crippen molar-refractivity contribution in [3.8, 4) is 11.5 Å². The molecule has 2 amide bonds. The number of halogens is 1. The summed E-state index contributed by atoms with van der Waals surface area (Å²) in [4.78, 5) is 23.4. The second-order valence-corrected chi connectivity index (χ2v) is 7.62. The number of thioether (sulfide) groups is 1. The van der Waals surface area contributed by atoms with Gasteiger partial charge in [0.2, 0.25) is 17.7 Å². The summed E-state index contributed by atoms with van der Waals surface area (Å²) < 4.78 is 5.61. The first-order valence-electron chi connectivity index (χ1n) is 8.35. The van der Waals surface area contributed by atoms with Gasteiger partial charge in [-0.1, -0.05) is 29.4 Å². The van der Waals surface area contributed by atoms with Crippen LogP contribution < -0.4 is 10.6 Å². The minimum atomic E-state index is -0.456. The van der Waals surface area contributed by atoms with E-state index < -0.39 is 5.25 Å². The van der Waals surface area contributed by atoms with Gasteiger partial charge >= 0.3 is 0 Å². The first-order valence-corrected chi connectivity index (χ1v) is 9.61. The monoisotopic (exact) mass is 416 g/mol. The molecule has 0 radical (unpaired) electrons. The van der Waals surface area contributed by atoms with Crippen LogP contribution in [0.5, 0.6) is 0 Å². The Morgan fingerprint density at radius 2 is 1.75 bits per heavy atom. The second kappa shape index (κ2) is 8.90. The average molecular weight is 417 g/mol. The van der Waals surface area contributed by atoms with E-state index in [9.17, 15) is 9.59 Å². The van der Waals surface area contributed by atoms with E-state index in [1.54, 1.807) is 49.4 Å². The van der Waals surface area contributed by atoms with Gasteiger partial charge in [-0.2, -0.15) is 0 Å². The Morgan fingerprint density at radius 3 is 2.39 bits per heavy atom. The summed E-state index contributed by atoms with van der Waals surface area (Å²) in [6.45, 7) is 3.18. The molecule has 28 heavy (non-hydrogen) atoms. The standard InChI is InChI=1S/C19H17ClN4O3S/c1-11(17(26)22-16-8-6-15(7-9-16)21-12(2)25)28-19-24-23-18(27-19)13-4-3-5-14(20)10-13/h3-11H,1-2H3,(H,21,25)(H,22,26)/t11-/m0/s1. The molecule has 2 aromatic carbocycles. The second-order valence-electron chi connectivity index (χ2n) is 5.89. The summed E-state index contributed by atoms with van der Waals surface area (Å²) in [6, 6.07) is 13.9. The van der Waals surface area contributed by atoms with Crippen LogP contribution in [0, 0.1) is 0 Å². The topological polar surface area (TPSA) is 97.1 Å². The van der Waals surface area contributed by atoms with Gasteiger partial charge in [-0.25, -0.2) is 0 Å². The largest absolute Gasteiger partial charge is 0.411 e. The molecule has 0 spiro atoms. The molecule has 2 N–H and O–H groups in total. The number of amides is 2. The first kappa shape index (κ1) is 19.9. The number of nitrogens with one attached hydrogen (secondary N) is 2. The van der Waals surface area contributed by atoms with Crippen LogP contribution in [0.2, 0.25) is 5.02 Å². The Morgan fingerprint density at radius 1 is 1.07 bits per heavy atom. The maximum Gasteiger partial charge on any atom is 0.277 e. The summed E-state index contributed by atoms with van der Waals surface area (Å²) in [5.74, 6) is -0.0236. The molecule has 0 unspecified atom stereocenters. The van der Waals surface area contributed by atoms with Crippen molar-refractivity contribution in [1.82, 2.24) is 10.2 Å². The third-order valence-corrected chi connectivity index (χ3v) is 4.77. The summed E-state index contributed by atoms with van der Waals surface area (Å²) >= 11 is 7.13. The third kappa shape index (κ3) is 5.34. The Kier molecular flexibility index (Phi) is 6.33. The number of hydrogen-bond donors (Lipinski definition) is 2. The highest BCUT2D eigenvalue weighted by molar-refractivity contribution is 8.00. The third-order valence-electron chi connectivity index (χ3n) is 3.60. The van der Waals surface area contributed by atoms with Gasteiger partial charge in [0.05, 0.1) is 5.25 Å². The van der Waals surface area contributed by atoms with E-state index in [4.69, 9.17) is 16.0 Å². The molecule has 7 nitrogen and oxygen atoms in total. The number of hydrogen-bond acceptors (Lipinski definition) is 6. The zero-order chi connectivity index (χ0) is 20.1. The summed E-state index contributed by atoms with van der Waals surface area (Å²) in [5.41, 5.74) is 1.99. The highest BCUT2D eigenvalue weighted by Crippen LogP contribution is 2.28. The molecule has 0 bridgehead atoms. The summed E-state index contributed by atoms with van der Waals surface area (Å²) in [6.07, 6.45) is 0. The highest BCUT2D eigenvalue weighted by Gasteiger charge is 2.19. The van der Waals surface area contributed by atoms with Crippen molar-refractivity contribution >= 4 is 46.6 Å². The minimum Gasteiger partial charge on any atom is -0.411 e. The zero-order valence-electron chi connectivity index (χ0n) is 15.1. The van der Waals surface area contributed by atoms with Gasteiger partial charge in [-0.15, -0.1) is 10.2 Å². The molecule has 1 atom stereocenters. The lowest BCUT2D eigenvalue weighted by molar-refractivity contribution is -0.115. The zero-order valence-corrected chi connectivity index (χ0v) is 16.7. The van der Waals surface area contributed by atoms with Gasteiger partial charge in [0.15, 0.2) is 0 Å². The van der Waals surface area contributed by atoms with E-state index in [2.05, 4.69) is 20.8 Å². The number of benzene rings is 2. The molecule has 9 heteroatoms. The van der Waals surface area contributed by atoms with Crippen LogP contribution in [-0.4, -0.2) is 27.3 Å². The smallest absolute Gasteiger partial charge is 0.277 e. The molecule has 0 saturated carbocycles. The van der Waals surface area contributed by atoms with E-state index in [1.807, 2.05) is 6.07 Å². The lowest BCUT2D eigenvalue weighted by atomic mass is 10.2. The van der Waals surface area contributed by atoms with Crippen LogP contribution in [-0.2, 0) is 9.59 Å². The van der Waals surface area contributed by atoms with Crippen molar-refractivity contribution in [3.05, 3.63) is 53.6 Å². The van der Waals surface area contributed by atoms with Crippen LogP contribution in [0.25, 0.3) is 11.5 Å². The molecular weight excluding hydrogens is 400 g/mol. The number of carbonyl (C=O) groups is 2. The molecule has 0 aliphatic heterocycles. The molecule has 144 valence electrons. The Bertz CT molecular complexity index is 991. The van der Waals surface area contributed by atoms with Crippen molar-refractivity contribution in [3.63, 3.8) is 0 Å². The van der Waals surface area contributed by atoms with E-state index in [0.717, 1.165) is 11.8 Å². The molecular formula is C19H17ClN4O3S. The minimum absolute atomic E-state index is 0.154. The molecule has 0 aliphatic carbocycles. The van der Waals surface area contributed by atoms with Crippen molar-refractivity contribution in [1.29, 1.82) is 0 Å². The predicted octanol–water partition coefficient (Wildman–Crippen LogP) is 4.47. The Hall–Kier alpha value is -2.84. The fourth-order valence-corrected chi connectivity index (χ4v) is 3.16. The quantitative estimate of drug-likeness (QED) is 0.575.